The van der Waals surface area contributed by atoms with Crippen molar-refractivity contribution in [1.82, 2.24) is 25.2 Å². The lowest BCUT2D eigenvalue weighted by Gasteiger charge is -2.16. The predicted octanol–water partition coefficient (Wildman–Crippen LogP) is 1.98. The molecule has 0 amide bonds. The summed E-state index contributed by atoms with van der Waals surface area (Å²) in [6.45, 7) is 0. The summed E-state index contributed by atoms with van der Waals surface area (Å²) < 4.78 is 26.5. The standard InChI is InChI=1S/C13H9F2N5/c14-11-4-3-9(6-12(11)15)13(20-18-8-17-19-20)10-2-1-5-16-7-10/h1-8,13H. The molecule has 0 aliphatic carbocycles. The third-order valence-electron chi connectivity index (χ3n) is 2.86. The Morgan fingerprint density at radius 3 is 2.60 bits per heavy atom. The third kappa shape index (κ3) is 2.25. The Hall–Kier alpha value is -2.70. The molecular weight excluding hydrogens is 264 g/mol. The van der Waals surface area contributed by atoms with Gasteiger partial charge in [-0.3, -0.25) is 4.98 Å². The Balaban J connectivity index is 2.13. The van der Waals surface area contributed by atoms with Gasteiger partial charge in [0.15, 0.2) is 18.0 Å². The number of halogens is 2. The molecule has 0 N–H and O–H groups in total. The summed E-state index contributed by atoms with van der Waals surface area (Å²) in [5.41, 5.74) is 1.26. The second-order valence-corrected chi connectivity index (χ2v) is 4.12. The molecule has 0 fully saturated rings. The first-order valence-electron chi connectivity index (χ1n) is 5.83. The van der Waals surface area contributed by atoms with E-state index >= 15 is 0 Å². The molecule has 0 bridgehead atoms. The van der Waals surface area contributed by atoms with Crippen molar-refractivity contribution in [3.63, 3.8) is 0 Å². The van der Waals surface area contributed by atoms with Crippen molar-refractivity contribution in [3.05, 3.63) is 71.8 Å². The first-order valence-corrected chi connectivity index (χ1v) is 5.83. The van der Waals surface area contributed by atoms with E-state index in [1.54, 1.807) is 18.5 Å². The number of hydrogen-bond donors (Lipinski definition) is 0. The maximum Gasteiger partial charge on any atom is 0.162 e. The zero-order chi connectivity index (χ0) is 13.9. The van der Waals surface area contributed by atoms with Crippen LogP contribution in [-0.4, -0.2) is 25.2 Å². The van der Waals surface area contributed by atoms with E-state index in [4.69, 9.17) is 0 Å². The first-order chi connectivity index (χ1) is 9.75. The SMILES string of the molecule is Fc1ccc(C(c2cccnc2)n2ncnn2)cc1F. The van der Waals surface area contributed by atoms with E-state index in [1.165, 1.54) is 17.2 Å². The van der Waals surface area contributed by atoms with Gasteiger partial charge in [-0.05, 0) is 29.0 Å². The van der Waals surface area contributed by atoms with Crippen LogP contribution >= 0.6 is 0 Å². The summed E-state index contributed by atoms with van der Waals surface area (Å²) in [6, 6.07) is 6.73. The number of pyridine rings is 1. The van der Waals surface area contributed by atoms with Gasteiger partial charge in [0.1, 0.15) is 6.04 Å². The highest BCUT2D eigenvalue weighted by Crippen LogP contribution is 2.25. The van der Waals surface area contributed by atoms with Crippen LogP contribution in [0.4, 0.5) is 8.78 Å². The number of aromatic nitrogens is 5. The van der Waals surface area contributed by atoms with Crippen molar-refractivity contribution in [2.45, 2.75) is 6.04 Å². The van der Waals surface area contributed by atoms with Crippen LogP contribution in [0, 0.1) is 11.6 Å². The summed E-state index contributed by atoms with van der Waals surface area (Å²) in [4.78, 5) is 5.35. The highest BCUT2D eigenvalue weighted by molar-refractivity contribution is 5.30. The largest absolute Gasteiger partial charge is 0.264 e. The summed E-state index contributed by atoms with van der Waals surface area (Å²) in [7, 11) is 0. The quantitative estimate of drug-likeness (QED) is 0.732. The number of nitrogens with zero attached hydrogens (tertiary/aromatic N) is 5. The molecule has 3 rings (SSSR count). The van der Waals surface area contributed by atoms with Crippen molar-refractivity contribution in [2.24, 2.45) is 0 Å². The van der Waals surface area contributed by atoms with Gasteiger partial charge in [-0.2, -0.15) is 4.80 Å². The molecule has 1 atom stereocenters. The Morgan fingerprint density at radius 1 is 1.05 bits per heavy atom. The van der Waals surface area contributed by atoms with Gasteiger partial charge in [0, 0.05) is 18.0 Å². The highest BCUT2D eigenvalue weighted by atomic mass is 19.2. The summed E-state index contributed by atoms with van der Waals surface area (Å²) in [5, 5.41) is 11.5. The van der Waals surface area contributed by atoms with Gasteiger partial charge in [-0.25, -0.2) is 8.78 Å². The first kappa shape index (κ1) is 12.3. The van der Waals surface area contributed by atoms with Crippen molar-refractivity contribution in [1.29, 1.82) is 0 Å². The average molecular weight is 273 g/mol. The molecule has 1 unspecified atom stereocenters. The van der Waals surface area contributed by atoms with Crippen molar-refractivity contribution in [2.75, 3.05) is 0 Å². The van der Waals surface area contributed by atoms with Crippen molar-refractivity contribution < 1.29 is 8.78 Å². The van der Waals surface area contributed by atoms with Gasteiger partial charge in [0.2, 0.25) is 0 Å². The molecule has 0 saturated carbocycles. The summed E-state index contributed by atoms with van der Waals surface area (Å²) >= 11 is 0. The minimum absolute atomic E-state index is 0.509. The monoisotopic (exact) mass is 273 g/mol. The molecule has 0 radical (unpaired) electrons. The number of rotatable bonds is 3. The second kappa shape index (κ2) is 5.12. The fourth-order valence-corrected chi connectivity index (χ4v) is 1.97. The minimum atomic E-state index is -0.920. The Bertz CT molecular complexity index is 700. The van der Waals surface area contributed by atoms with Crippen molar-refractivity contribution >= 4 is 0 Å². The number of benzene rings is 1. The number of tetrazole rings is 1. The molecule has 1 aromatic carbocycles. The zero-order valence-corrected chi connectivity index (χ0v) is 10.2. The van der Waals surface area contributed by atoms with Gasteiger partial charge in [0.25, 0.3) is 0 Å². The van der Waals surface area contributed by atoms with Gasteiger partial charge < -0.3 is 0 Å². The topological polar surface area (TPSA) is 56.5 Å². The molecule has 7 heteroatoms. The number of hydrogen-bond acceptors (Lipinski definition) is 4. The fourth-order valence-electron chi connectivity index (χ4n) is 1.97. The fraction of sp³-hybridized carbons (Fsp3) is 0.0769. The van der Waals surface area contributed by atoms with Gasteiger partial charge in [0.05, 0.1) is 0 Å². The lowest BCUT2D eigenvalue weighted by Crippen LogP contribution is -2.16. The lowest BCUT2D eigenvalue weighted by atomic mass is 10.0. The molecular formula is C13H9F2N5. The average Bonchev–Trinajstić information content (AvgIpc) is 2.98. The maximum atomic E-state index is 13.4. The predicted molar refractivity (Wildman–Crippen MR) is 65.7 cm³/mol. The maximum absolute atomic E-state index is 13.4. The molecule has 0 aliphatic rings. The lowest BCUT2D eigenvalue weighted by molar-refractivity contribution is 0.485. The normalized spacial score (nSPS) is 12.3. The zero-order valence-electron chi connectivity index (χ0n) is 10.2. The molecule has 2 heterocycles. The van der Waals surface area contributed by atoms with Gasteiger partial charge in [-0.1, -0.05) is 12.1 Å². The van der Waals surface area contributed by atoms with Crippen molar-refractivity contribution in [3.8, 4) is 0 Å². The van der Waals surface area contributed by atoms with Crippen LogP contribution in [0.25, 0.3) is 0 Å². The minimum Gasteiger partial charge on any atom is -0.264 e. The molecule has 0 spiro atoms. The van der Waals surface area contributed by atoms with E-state index in [-0.39, 0.29) is 0 Å². The molecule has 0 saturated heterocycles. The molecule has 3 aromatic rings. The third-order valence-corrected chi connectivity index (χ3v) is 2.86. The van der Waals surface area contributed by atoms with Crippen LogP contribution in [0.15, 0.2) is 49.1 Å². The second-order valence-electron chi connectivity index (χ2n) is 4.12. The van der Waals surface area contributed by atoms with Gasteiger partial charge >= 0.3 is 0 Å². The Morgan fingerprint density at radius 2 is 1.95 bits per heavy atom. The molecule has 20 heavy (non-hydrogen) atoms. The van der Waals surface area contributed by atoms with E-state index in [2.05, 4.69) is 20.4 Å². The summed E-state index contributed by atoms with van der Waals surface area (Å²) in [5.74, 6) is -1.82. The Kier molecular flexibility index (Phi) is 3.16. The van der Waals surface area contributed by atoms with Crippen LogP contribution in [0.3, 0.4) is 0 Å². The van der Waals surface area contributed by atoms with Crippen LogP contribution in [0.5, 0.6) is 0 Å². The molecule has 5 nitrogen and oxygen atoms in total. The van der Waals surface area contributed by atoms with Crippen LogP contribution in [-0.2, 0) is 0 Å². The summed E-state index contributed by atoms with van der Waals surface area (Å²) in [6.07, 6.45) is 4.53. The van der Waals surface area contributed by atoms with E-state index in [9.17, 15) is 8.78 Å². The van der Waals surface area contributed by atoms with E-state index in [1.807, 2.05) is 6.07 Å². The molecule has 0 aliphatic heterocycles. The smallest absolute Gasteiger partial charge is 0.162 e. The molecule has 2 aromatic heterocycles. The van der Waals surface area contributed by atoms with Crippen LogP contribution in [0.1, 0.15) is 17.2 Å². The van der Waals surface area contributed by atoms with Gasteiger partial charge in [-0.15, -0.1) is 10.2 Å². The highest BCUT2D eigenvalue weighted by Gasteiger charge is 2.20. The van der Waals surface area contributed by atoms with Crippen LogP contribution in [0.2, 0.25) is 0 Å². The van der Waals surface area contributed by atoms with Crippen LogP contribution < -0.4 is 0 Å². The Labute approximate surface area is 112 Å². The van der Waals surface area contributed by atoms with E-state index < -0.39 is 17.7 Å². The molecule has 100 valence electrons. The van der Waals surface area contributed by atoms with E-state index in [0.29, 0.717) is 5.56 Å². The van der Waals surface area contributed by atoms with E-state index in [0.717, 1.165) is 17.7 Å².